The Balaban J connectivity index is 1.61. The summed E-state index contributed by atoms with van der Waals surface area (Å²) in [7, 11) is 0. The van der Waals surface area contributed by atoms with Crippen LogP contribution < -0.4 is 10.6 Å². The minimum atomic E-state index is -0.228. The number of pyridine rings is 2. The molecule has 174 valence electrons. The lowest BCUT2D eigenvalue weighted by atomic mass is 9.85. The number of carbonyl (C=O) groups is 2. The van der Waals surface area contributed by atoms with Crippen LogP contribution in [0.15, 0.2) is 66.6 Å². The highest BCUT2D eigenvalue weighted by Crippen LogP contribution is 2.37. The third-order valence-electron chi connectivity index (χ3n) is 6.46. The lowest BCUT2D eigenvalue weighted by Gasteiger charge is -2.20. The van der Waals surface area contributed by atoms with E-state index in [1.54, 1.807) is 24.7 Å². The normalized spacial score (nSPS) is 17.2. The lowest BCUT2D eigenvalue weighted by Crippen LogP contribution is -2.25. The number of likely N-dealkylation sites (N-methyl/N-ethyl adjacent to an activating group) is 1. The van der Waals surface area contributed by atoms with Gasteiger partial charge in [-0.25, -0.2) is 0 Å². The smallest absolute Gasteiger partial charge is 0.270 e. The topological polar surface area (TPSA) is 84.0 Å². The molecule has 2 atom stereocenters. The van der Waals surface area contributed by atoms with Crippen LogP contribution in [-0.4, -0.2) is 28.3 Å². The van der Waals surface area contributed by atoms with E-state index >= 15 is 0 Å². The number of rotatable bonds is 6. The molecule has 0 bridgehead atoms. The van der Waals surface area contributed by atoms with Crippen LogP contribution in [0.1, 0.15) is 60.3 Å². The summed E-state index contributed by atoms with van der Waals surface area (Å²) in [6.07, 6.45) is 7.82. The van der Waals surface area contributed by atoms with Crippen LogP contribution in [-0.2, 0) is 11.3 Å². The second-order valence-electron chi connectivity index (χ2n) is 8.81. The molecule has 0 aliphatic heterocycles. The zero-order valence-corrected chi connectivity index (χ0v) is 19.8. The molecule has 3 aromatic rings. The van der Waals surface area contributed by atoms with Gasteiger partial charge in [0.05, 0.1) is 0 Å². The average molecular weight is 455 g/mol. The maximum Gasteiger partial charge on any atom is 0.270 e. The Labute approximate surface area is 200 Å². The zero-order chi connectivity index (χ0) is 24.1. The van der Waals surface area contributed by atoms with Gasteiger partial charge in [-0.1, -0.05) is 26.0 Å². The van der Waals surface area contributed by atoms with Crippen molar-refractivity contribution in [2.75, 3.05) is 6.54 Å². The van der Waals surface area contributed by atoms with Gasteiger partial charge < -0.3 is 10.6 Å². The van der Waals surface area contributed by atoms with Crippen molar-refractivity contribution >= 4 is 17.9 Å². The predicted molar refractivity (Wildman–Crippen MR) is 134 cm³/mol. The Kier molecular flexibility index (Phi) is 7.16. The molecule has 34 heavy (non-hydrogen) atoms. The van der Waals surface area contributed by atoms with Crippen LogP contribution in [0, 0.1) is 5.92 Å². The van der Waals surface area contributed by atoms with Crippen LogP contribution in [0.25, 0.3) is 17.2 Å². The number of fused-ring (bicyclic) bond motifs is 1. The third-order valence-corrected chi connectivity index (χ3v) is 6.46. The molecule has 0 radical (unpaired) electrons. The van der Waals surface area contributed by atoms with Gasteiger partial charge in [-0.05, 0) is 89.4 Å². The third kappa shape index (κ3) is 5.22. The maximum atomic E-state index is 12.7. The van der Waals surface area contributed by atoms with E-state index in [0.29, 0.717) is 30.6 Å². The van der Waals surface area contributed by atoms with Crippen molar-refractivity contribution < 1.29 is 9.59 Å². The SMILES string of the molecule is CCNC(=O)C1=Cc2cc(-c3ccnc(C(=O)NCc4ccncc4)c3)ccc2C(C)C(C)C1. The molecule has 6 heteroatoms. The maximum absolute atomic E-state index is 12.7. The second-order valence-corrected chi connectivity index (χ2v) is 8.81. The van der Waals surface area contributed by atoms with Crippen molar-refractivity contribution in [1.82, 2.24) is 20.6 Å². The van der Waals surface area contributed by atoms with Gasteiger partial charge in [0.2, 0.25) is 5.91 Å². The summed E-state index contributed by atoms with van der Waals surface area (Å²) < 4.78 is 0. The van der Waals surface area contributed by atoms with E-state index in [-0.39, 0.29) is 11.8 Å². The van der Waals surface area contributed by atoms with E-state index in [1.807, 2.05) is 31.2 Å². The monoisotopic (exact) mass is 454 g/mol. The fourth-order valence-electron chi connectivity index (χ4n) is 4.31. The van der Waals surface area contributed by atoms with Gasteiger partial charge in [-0.2, -0.15) is 0 Å². The quantitative estimate of drug-likeness (QED) is 0.564. The van der Waals surface area contributed by atoms with Gasteiger partial charge in [0.1, 0.15) is 5.69 Å². The van der Waals surface area contributed by atoms with Crippen LogP contribution in [0.2, 0.25) is 0 Å². The number of benzene rings is 1. The standard InChI is InChI=1S/C28H30N4O2/c1-4-30-27(33)24-13-18(2)19(3)25-6-5-21(14-23(25)15-24)22-9-12-31-26(16-22)28(34)32-17-20-7-10-29-11-8-20/h5-12,14-16,18-19H,4,13,17H2,1-3H3,(H,30,33)(H,32,34). The van der Waals surface area contributed by atoms with Gasteiger partial charge in [0, 0.05) is 37.3 Å². The molecule has 2 amide bonds. The van der Waals surface area contributed by atoms with Crippen LogP contribution in [0.3, 0.4) is 0 Å². The highest BCUT2D eigenvalue weighted by Gasteiger charge is 2.25. The Bertz CT molecular complexity index is 1220. The molecule has 0 saturated heterocycles. The Morgan fingerprint density at radius 3 is 2.47 bits per heavy atom. The second kappa shape index (κ2) is 10.4. The van der Waals surface area contributed by atoms with Gasteiger partial charge >= 0.3 is 0 Å². The first kappa shape index (κ1) is 23.4. The first-order valence-electron chi connectivity index (χ1n) is 11.7. The number of amides is 2. The average Bonchev–Trinajstić information content (AvgIpc) is 2.99. The first-order valence-corrected chi connectivity index (χ1v) is 11.7. The molecule has 2 aromatic heterocycles. The molecule has 2 heterocycles. The minimum Gasteiger partial charge on any atom is -0.353 e. The fraction of sp³-hybridized carbons (Fsp3) is 0.286. The molecular weight excluding hydrogens is 424 g/mol. The van der Waals surface area contributed by atoms with E-state index < -0.39 is 0 Å². The molecule has 4 rings (SSSR count). The molecule has 0 spiro atoms. The number of hydrogen-bond donors (Lipinski definition) is 2. The van der Waals surface area contributed by atoms with E-state index in [9.17, 15) is 9.59 Å². The molecule has 6 nitrogen and oxygen atoms in total. The summed E-state index contributed by atoms with van der Waals surface area (Å²) >= 11 is 0. The summed E-state index contributed by atoms with van der Waals surface area (Å²) in [5.74, 6) is 0.461. The van der Waals surface area contributed by atoms with Crippen LogP contribution >= 0.6 is 0 Å². The molecule has 2 unspecified atom stereocenters. The minimum absolute atomic E-state index is 0.00290. The van der Waals surface area contributed by atoms with Gasteiger partial charge in [0.25, 0.3) is 5.91 Å². The number of carbonyl (C=O) groups excluding carboxylic acids is 2. The molecule has 1 aliphatic carbocycles. The number of aromatic nitrogens is 2. The largest absolute Gasteiger partial charge is 0.353 e. The van der Waals surface area contributed by atoms with Gasteiger partial charge in [-0.3, -0.25) is 19.6 Å². The van der Waals surface area contributed by atoms with Gasteiger partial charge in [0.15, 0.2) is 0 Å². The van der Waals surface area contributed by atoms with E-state index in [2.05, 4.69) is 52.6 Å². The highest BCUT2D eigenvalue weighted by atomic mass is 16.2. The Hall–Kier alpha value is -3.80. The van der Waals surface area contributed by atoms with Crippen molar-refractivity contribution in [3.8, 4) is 11.1 Å². The highest BCUT2D eigenvalue weighted by molar-refractivity contribution is 5.98. The molecule has 0 fully saturated rings. The zero-order valence-electron chi connectivity index (χ0n) is 19.8. The first-order chi connectivity index (χ1) is 16.5. The fourth-order valence-corrected chi connectivity index (χ4v) is 4.31. The Morgan fingerprint density at radius 2 is 1.71 bits per heavy atom. The summed E-state index contributed by atoms with van der Waals surface area (Å²) in [4.78, 5) is 33.6. The molecule has 1 aliphatic rings. The predicted octanol–water partition coefficient (Wildman–Crippen LogP) is 4.74. The lowest BCUT2D eigenvalue weighted by molar-refractivity contribution is -0.117. The summed E-state index contributed by atoms with van der Waals surface area (Å²) in [6.45, 7) is 7.36. The van der Waals surface area contributed by atoms with Crippen molar-refractivity contribution in [2.24, 2.45) is 5.92 Å². The van der Waals surface area contributed by atoms with Gasteiger partial charge in [-0.15, -0.1) is 0 Å². The molecular formula is C28H30N4O2. The van der Waals surface area contributed by atoms with Crippen molar-refractivity contribution in [3.63, 3.8) is 0 Å². The van der Waals surface area contributed by atoms with E-state index in [4.69, 9.17) is 0 Å². The van der Waals surface area contributed by atoms with Crippen LogP contribution in [0.5, 0.6) is 0 Å². The summed E-state index contributed by atoms with van der Waals surface area (Å²) in [6, 6.07) is 13.8. The Morgan fingerprint density at radius 1 is 0.941 bits per heavy atom. The van der Waals surface area contributed by atoms with E-state index in [0.717, 1.165) is 34.2 Å². The summed E-state index contributed by atoms with van der Waals surface area (Å²) in [5, 5.41) is 5.85. The molecule has 1 aromatic carbocycles. The van der Waals surface area contributed by atoms with Crippen molar-refractivity contribution in [3.05, 3.63) is 89.0 Å². The number of nitrogens with zero attached hydrogens (tertiary/aromatic N) is 2. The summed E-state index contributed by atoms with van der Waals surface area (Å²) in [5.41, 5.74) is 6.33. The van der Waals surface area contributed by atoms with Crippen molar-refractivity contribution in [1.29, 1.82) is 0 Å². The number of nitrogens with one attached hydrogen (secondary N) is 2. The van der Waals surface area contributed by atoms with Crippen molar-refractivity contribution in [2.45, 2.75) is 39.7 Å². The number of hydrogen-bond acceptors (Lipinski definition) is 4. The van der Waals surface area contributed by atoms with E-state index in [1.165, 1.54) is 5.56 Å². The molecule has 0 saturated carbocycles. The van der Waals surface area contributed by atoms with Crippen LogP contribution in [0.4, 0.5) is 0 Å². The molecule has 2 N–H and O–H groups in total.